The smallest absolute Gasteiger partial charge is 0.241 e. The zero-order valence-corrected chi connectivity index (χ0v) is 11.8. The highest BCUT2D eigenvalue weighted by Crippen LogP contribution is 2.20. The van der Waals surface area contributed by atoms with Gasteiger partial charge in [-0.05, 0) is 48.0 Å². The third-order valence-electron chi connectivity index (χ3n) is 2.01. The number of nitrogens with one attached hydrogen (secondary N) is 1. The summed E-state index contributed by atoms with van der Waals surface area (Å²) in [6, 6.07) is 3.51. The van der Waals surface area contributed by atoms with Gasteiger partial charge in [0.15, 0.2) is 0 Å². The Bertz CT molecular complexity index is 516. The van der Waals surface area contributed by atoms with Crippen molar-refractivity contribution in [3.8, 4) is 0 Å². The molecular weight excluding hydrogens is 313 g/mol. The molecule has 0 aliphatic heterocycles. The minimum atomic E-state index is -3.84. The molecule has 96 valence electrons. The molecule has 0 amide bonds. The molecule has 0 bridgehead atoms. The quantitative estimate of drug-likeness (QED) is 0.884. The minimum Gasteiger partial charge on any atom is -0.394 e. The van der Waals surface area contributed by atoms with Crippen molar-refractivity contribution in [2.45, 2.75) is 24.3 Å². The zero-order valence-electron chi connectivity index (χ0n) is 9.37. The molecular formula is C10H13BrFNO3S. The molecule has 0 saturated carbocycles. The van der Waals surface area contributed by atoms with E-state index in [0.29, 0.717) is 0 Å². The Balaban J connectivity index is 3.10. The zero-order chi connectivity index (χ0) is 13.3. The summed E-state index contributed by atoms with van der Waals surface area (Å²) in [5.41, 5.74) is -0.998. The third kappa shape index (κ3) is 3.74. The number of sulfonamides is 1. The molecule has 1 rings (SSSR count). The molecule has 0 unspecified atom stereocenters. The van der Waals surface area contributed by atoms with Gasteiger partial charge in [0.25, 0.3) is 0 Å². The lowest BCUT2D eigenvalue weighted by Crippen LogP contribution is -2.46. The molecule has 0 saturated heterocycles. The van der Waals surface area contributed by atoms with Crippen molar-refractivity contribution in [2.75, 3.05) is 6.61 Å². The molecule has 0 spiro atoms. The first kappa shape index (κ1) is 14.6. The summed E-state index contributed by atoms with van der Waals surface area (Å²) < 4.78 is 39.4. The molecule has 4 nitrogen and oxygen atoms in total. The van der Waals surface area contributed by atoms with Crippen LogP contribution in [-0.2, 0) is 10.0 Å². The highest BCUT2D eigenvalue weighted by molar-refractivity contribution is 9.10. The van der Waals surface area contributed by atoms with Gasteiger partial charge in [-0.15, -0.1) is 0 Å². The molecule has 0 fully saturated rings. The van der Waals surface area contributed by atoms with E-state index in [1.807, 2.05) is 0 Å². The minimum absolute atomic E-state index is 0.181. The van der Waals surface area contributed by atoms with E-state index in [4.69, 9.17) is 5.11 Å². The van der Waals surface area contributed by atoms with Gasteiger partial charge in [0.05, 0.1) is 21.5 Å². The maximum absolute atomic E-state index is 13.2. The molecule has 7 heteroatoms. The molecule has 0 radical (unpaired) electrons. The van der Waals surface area contributed by atoms with Gasteiger partial charge in [0, 0.05) is 0 Å². The van der Waals surface area contributed by atoms with Gasteiger partial charge in [-0.3, -0.25) is 0 Å². The summed E-state index contributed by atoms with van der Waals surface area (Å²) in [6.45, 7) is 2.70. The number of halogens is 2. The summed E-state index contributed by atoms with van der Waals surface area (Å²) in [5, 5.41) is 8.99. The summed E-state index contributed by atoms with van der Waals surface area (Å²) in [5.74, 6) is -0.658. The van der Waals surface area contributed by atoms with E-state index in [1.165, 1.54) is 26.0 Å². The number of hydrogen-bond acceptors (Lipinski definition) is 3. The average Bonchev–Trinajstić information content (AvgIpc) is 2.20. The monoisotopic (exact) mass is 325 g/mol. The van der Waals surface area contributed by atoms with Crippen LogP contribution in [0, 0.1) is 5.82 Å². The number of rotatable bonds is 4. The topological polar surface area (TPSA) is 66.4 Å². The highest BCUT2D eigenvalue weighted by Gasteiger charge is 2.25. The maximum atomic E-state index is 13.2. The normalized spacial score (nSPS) is 12.8. The van der Waals surface area contributed by atoms with E-state index in [-0.39, 0.29) is 16.0 Å². The molecule has 0 heterocycles. The summed E-state index contributed by atoms with van der Waals surface area (Å²) >= 11 is 2.94. The Hall–Kier alpha value is -0.500. The van der Waals surface area contributed by atoms with Crippen LogP contribution in [0.25, 0.3) is 0 Å². The van der Waals surface area contributed by atoms with Gasteiger partial charge < -0.3 is 5.11 Å². The molecule has 0 atom stereocenters. The second-order valence-electron chi connectivity index (χ2n) is 4.22. The Morgan fingerprint density at radius 1 is 1.47 bits per heavy atom. The summed E-state index contributed by atoms with van der Waals surface area (Å²) in [6.07, 6.45) is 0. The van der Waals surface area contributed by atoms with Gasteiger partial charge in [0.1, 0.15) is 5.82 Å². The van der Waals surface area contributed by atoms with E-state index in [0.717, 1.165) is 6.07 Å². The van der Waals surface area contributed by atoms with Crippen LogP contribution >= 0.6 is 15.9 Å². The predicted molar refractivity (Wildman–Crippen MR) is 65.6 cm³/mol. The second kappa shape index (κ2) is 5.01. The fraction of sp³-hybridized carbons (Fsp3) is 0.400. The number of hydrogen-bond donors (Lipinski definition) is 2. The van der Waals surface area contributed by atoms with Crippen LogP contribution in [0.4, 0.5) is 4.39 Å². The van der Waals surface area contributed by atoms with Crippen LogP contribution in [0.5, 0.6) is 0 Å². The molecule has 0 aliphatic rings. The number of aliphatic hydroxyl groups is 1. The van der Waals surface area contributed by atoms with Crippen molar-refractivity contribution < 1.29 is 17.9 Å². The summed E-state index contributed by atoms with van der Waals surface area (Å²) in [7, 11) is -3.84. The first-order valence-electron chi connectivity index (χ1n) is 4.78. The lowest BCUT2D eigenvalue weighted by Gasteiger charge is -2.23. The van der Waals surface area contributed by atoms with E-state index in [2.05, 4.69) is 20.7 Å². The van der Waals surface area contributed by atoms with E-state index >= 15 is 0 Å². The van der Waals surface area contributed by atoms with Crippen LogP contribution in [0.1, 0.15) is 13.8 Å². The standard InChI is InChI=1S/C10H13BrFNO3S/c1-10(2,6-14)13-17(15,16)7-3-4-8(11)9(12)5-7/h3-5,13-14H,6H2,1-2H3. The molecule has 0 aromatic heterocycles. The first-order chi connectivity index (χ1) is 7.68. The Morgan fingerprint density at radius 2 is 2.06 bits per heavy atom. The third-order valence-corrected chi connectivity index (χ3v) is 4.35. The van der Waals surface area contributed by atoms with Crippen molar-refractivity contribution in [3.63, 3.8) is 0 Å². The molecule has 2 N–H and O–H groups in total. The maximum Gasteiger partial charge on any atom is 0.241 e. The Labute approximate surface area is 108 Å². The van der Waals surface area contributed by atoms with Crippen molar-refractivity contribution in [1.82, 2.24) is 4.72 Å². The Morgan fingerprint density at radius 3 is 2.53 bits per heavy atom. The Kier molecular flexibility index (Phi) is 4.29. The van der Waals surface area contributed by atoms with Crippen LogP contribution < -0.4 is 4.72 Å². The van der Waals surface area contributed by atoms with Crippen molar-refractivity contribution in [3.05, 3.63) is 28.5 Å². The van der Waals surface area contributed by atoms with Gasteiger partial charge in [-0.2, -0.15) is 0 Å². The molecule has 1 aromatic rings. The second-order valence-corrected chi connectivity index (χ2v) is 6.76. The largest absolute Gasteiger partial charge is 0.394 e. The van der Waals surface area contributed by atoms with Gasteiger partial charge in [0.2, 0.25) is 10.0 Å². The first-order valence-corrected chi connectivity index (χ1v) is 7.05. The van der Waals surface area contributed by atoms with Crippen molar-refractivity contribution >= 4 is 26.0 Å². The van der Waals surface area contributed by atoms with Crippen LogP contribution in [0.3, 0.4) is 0 Å². The van der Waals surface area contributed by atoms with Crippen LogP contribution in [-0.4, -0.2) is 25.7 Å². The van der Waals surface area contributed by atoms with Gasteiger partial charge in [-0.25, -0.2) is 17.5 Å². The summed E-state index contributed by atoms with van der Waals surface area (Å²) in [4.78, 5) is -0.181. The number of aliphatic hydroxyl groups excluding tert-OH is 1. The molecule has 17 heavy (non-hydrogen) atoms. The van der Waals surface area contributed by atoms with Crippen molar-refractivity contribution in [2.24, 2.45) is 0 Å². The van der Waals surface area contributed by atoms with E-state index < -0.39 is 21.4 Å². The van der Waals surface area contributed by atoms with Crippen LogP contribution in [0.15, 0.2) is 27.6 Å². The lowest BCUT2D eigenvalue weighted by atomic mass is 10.1. The predicted octanol–water partition coefficient (Wildman–Crippen LogP) is 1.64. The van der Waals surface area contributed by atoms with E-state index in [9.17, 15) is 12.8 Å². The lowest BCUT2D eigenvalue weighted by molar-refractivity contribution is 0.208. The molecule has 0 aliphatic carbocycles. The molecule has 1 aromatic carbocycles. The fourth-order valence-electron chi connectivity index (χ4n) is 1.10. The van der Waals surface area contributed by atoms with Crippen LogP contribution in [0.2, 0.25) is 0 Å². The SMILES string of the molecule is CC(C)(CO)NS(=O)(=O)c1ccc(Br)c(F)c1. The number of benzene rings is 1. The fourth-order valence-corrected chi connectivity index (χ4v) is 2.76. The van der Waals surface area contributed by atoms with E-state index in [1.54, 1.807) is 0 Å². The van der Waals surface area contributed by atoms with Gasteiger partial charge >= 0.3 is 0 Å². The average molecular weight is 326 g/mol. The van der Waals surface area contributed by atoms with Crippen molar-refractivity contribution in [1.29, 1.82) is 0 Å². The highest BCUT2D eigenvalue weighted by atomic mass is 79.9. The van der Waals surface area contributed by atoms with Gasteiger partial charge in [-0.1, -0.05) is 0 Å².